The van der Waals surface area contributed by atoms with E-state index in [9.17, 15) is 4.79 Å². The van der Waals surface area contributed by atoms with Gasteiger partial charge in [0.05, 0.1) is 0 Å². The summed E-state index contributed by atoms with van der Waals surface area (Å²) in [6, 6.07) is 0. The summed E-state index contributed by atoms with van der Waals surface area (Å²) in [6.45, 7) is 8.59. The molecule has 84 valence electrons. The summed E-state index contributed by atoms with van der Waals surface area (Å²) in [7, 11) is 0. The first-order valence-electron chi connectivity index (χ1n) is 6.01. The van der Waals surface area contributed by atoms with E-state index in [2.05, 4.69) is 20.8 Å². The number of hydrogen-bond acceptors (Lipinski definition) is 1. The van der Waals surface area contributed by atoms with Crippen molar-refractivity contribution >= 4 is 5.78 Å². The Kier molecular flexibility index (Phi) is 7.83. The Hall–Kier alpha value is -0.330. The van der Waals surface area contributed by atoms with Crippen molar-refractivity contribution in [3.63, 3.8) is 0 Å². The molecule has 1 nitrogen and oxygen atoms in total. The van der Waals surface area contributed by atoms with E-state index >= 15 is 0 Å². The van der Waals surface area contributed by atoms with E-state index in [0.717, 1.165) is 24.7 Å². The minimum absolute atomic E-state index is 0.334. The molecule has 1 heteroatoms. The molecule has 0 aromatic heterocycles. The van der Waals surface area contributed by atoms with E-state index in [1.54, 1.807) is 6.92 Å². The number of ketones is 1. The van der Waals surface area contributed by atoms with Gasteiger partial charge in [0.25, 0.3) is 0 Å². The van der Waals surface area contributed by atoms with Gasteiger partial charge < -0.3 is 4.79 Å². The predicted molar refractivity (Wildman–Crippen MR) is 62.4 cm³/mol. The van der Waals surface area contributed by atoms with E-state index in [0.29, 0.717) is 5.78 Å². The van der Waals surface area contributed by atoms with E-state index < -0.39 is 0 Å². The summed E-state index contributed by atoms with van der Waals surface area (Å²) in [6.07, 6.45) is 7.05. The molecule has 0 spiro atoms. The summed E-state index contributed by atoms with van der Waals surface area (Å²) >= 11 is 0. The molecule has 0 aromatic rings. The van der Waals surface area contributed by atoms with E-state index in [-0.39, 0.29) is 0 Å². The largest absolute Gasteiger partial charge is 0.300 e. The van der Waals surface area contributed by atoms with Crippen LogP contribution < -0.4 is 0 Å². The maximum atomic E-state index is 10.7. The average Bonchev–Trinajstić information content (AvgIpc) is 2.01. The van der Waals surface area contributed by atoms with E-state index in [4.69, 9.17) is 0 Å². The monoisotopic (exact) mass is 198 g/mol. The molecule has 1 atom stereocenters. The van der Waals surface area contributed by atoms with Crippen LogP contribution >= 0.6 is 0 Å². The van der Waals surface area contributed by atoms with Gasteiger partial charge in [0.15, 0.2) is 0 Å². The second-order valence-electron chi connectivity index (χ2n) is 5.04. The van der Waals surface area contributed by atoms with Gasteiger partial charge in [-0.05, 0) is 31.6 Å². The minimum Gasteiger partial charge on any atom is -0.300 e. The standard InChI is InChI=1S/C13H26O/c1-11(2)10-12(3)8-6-5-7-9-13(4)14/h11-12H,5-10H2,1-4H3/t12-/m1/s1. The lowest BCUT2D eigenvalue weighted by Crippen LogP contribution is -2.00. The van der Waals surface area contributed by atoms with Gasteiger partial charge in [-0.15, -0.1) is 0 Å². The van der Waals surface area contributed by atoms with Gasteiger partial charge in [-0.1, -0.05) is 40.0 Å². The van der Waals surface area contributed by atoms with Gasteiger partial charge in [-0.25, -0.2) is 0 Å². The number of hydrogen-bond donors (Lipinski definition) is 0. The third-order valence-corrected chi connectivity index (χ3v) is 2.60. The molecule has 0 unspecified atom stereocenters. The zero-order valence-electron chi connectivity index (χ0n) is 10.3. The first-order valence-corrected chi connectivity index (χ1v) is 6.01. The molecule has 0 heterocycles. The summed E-state index contributed by atoms with van der Waals surface area (Å²) in [4.78, 5) is 10.7. The molecule has 0 saturated carbocycles. The molecule has 0 bridgehead atoms. The Morgan fingerprint density at radius 2 is 1.71 bits per heavy atom. The highest BCUT2D eigenvalue weighted by molar-refractivity contribution is 5.75. The van der Waals surface area contributed by atoms with Crippen LogP contribution in [0.3, 0.4) is 0 Å². The lowest BCUT2D eigenvalue weighted by molar-refractivity contribution is -0.117. The second-order valence-corrected chi connectivity index (χ2v) is 5.04. The molecule has 0 radical (unpaired) electrons. The maximum absolute atomic E-state index is 10.7. The Bertz CT molecular complexity index is 149. The number of carbonyl (C=O) groups is 1. The molecule has 0 aliphatic carbocycles. The summed E-state index contributed by atoms with van der Waals surface area (Å²) in [5.74, 6) is 2.01. The normalized spacial score (nSPS) is 13.2. The van der Waals surface area contributed by atoms with E-state index in [1.165, 1.54) is 25.7 Å². The Morgan fingerprint density at radius 3 is 2.21 bits per heavy atom. The van der Waals surface area contributed by atoms with Gasteiger partial charge in [0, 0.05) is 6.42 Å². The molecule has 0 aliphatic rings. The lowest BCUT2D eigenvalue weighted by atomic mass is 9.93. The topological polar surface area (TPSA) is 17.1 Å². The van der Waals surface area contributed by atoms with Crippen molar-refractivity contribution in [1.29, 1.82) is 0 Å². The van der Waals surface area contributed by atoms with Crippen LogP contribution in [0.4, 0.5) is 0 Å². The van der Waals surface area contributed by atoms with Gasteiger partial charge in [-0.3, -0.25) is 0 Å². The second kappa shape index (κ2) is 8.02. The van der Waals surface area contributed by atoms with Crippen LogP contribution in [0.2, 0.25) is 0 Å². The predicted octanol–water partition coefficient (Wildman–Crippen LogP) is 4.21. The van der Waals surface area contributed by atoms with Crippen molar-refractivity contribution in [2.24, 2.45) is 11.8 Å². The van der Waals surface area contributed by atoms with Crippen LogP contribution in [0, 0.1) is 11.8 Å². The van der Waals surface area contributed by atoms with Crippen molar-refractivity contribution in [2.45, 2.75) is 66.2 Å². The molecule has 0 aromatic carbocycles. The average molecular weight is 198 g/mol. The van der Waals surface area contributed by atoms with Crippen LogP contribution in [0.15, 0.2) is 0 Å². The smallest absolute Gasteiger partial charge is 0.129 e. The highest BCUT2D eigenvalue weighted by atomic mass is 16.1. The SMILES string of the molecule is CC(=O)CCCCC[C@@H](C)CC(C)C. The molecule has 14 heavy (non-hydrogen) atoms. The van der Waals surface area contributed by atoms with Gasteiger partial charge >= 0.3 is 0 Å². The van der Waals surface area contributed by atoms with Crippen molar-refractivity contribution in [3.05, 3.63) is 0 Å². The Labute approximate surface area is 89.3 Å². The van der Waals surface area contributed by atoms with Crippen LogP contribution in [0.1, 0.15) is 66.2 Å². The van der Waals surface area contributed by atoms with Crippen LogP contribution in [-0.4, -0.2) is 5.78 Å². The highest BCUT2D eigenvalue weighted by Crippen LogP contribution is 2.17. The first-order chi connectivity index (χ1) is 6.52. The fraction of sp³-hybridized carbons (Fsp3) is 0.923. The van der Waals surface area contributed by atoms with Crippen LogP contribution in [0.25, 0.3) is 0 Å². The van der Waals surface area contributed by atoms with Crippen molar-refractivity contribution in [1.82, 2.24) is 0 Å². The molecule has 0 aliphatic heterocycles. The van der Waals surface area contributed by atoms with Crippen LogP contribution in [0.5, 0.6) is 0 Å². The fourth-order valence-corrected chi connectivity index (χ4v) is 1.97. The maximum Gasteiger partial charge on any atom is 0.129 e. The third kappa shape index (κ3) is 9.76. The van der Waals surface area contributed by atoms with Crippen molar-refractivity contribution in [2.75, 3.05) is 0 Å². The highest BCUT2D eigenvalue weighted by Gasteiger charge is 2.04. The molecule has 0 saturated heterocycles. The van der Waals surface area contributed by atoms with Crippen molar-refractivity contribution < 1.29 is 4.79 Å². The Morgan fingerprint density at radius 1 is 1.07 bits per heavy atom. The third-order valence-electron chi connectivity index (χ3n) is 2.60. The lowest BCUT2D eigenvalue weighted by Gasteiger charge is -2.13. The summed E-state index contributed by atoms with van der Waals surface area (Å²) < 4.78 is 0. The summed E-state index contributed by atoms with van der Waals surface area (Å²) in [5.41, 5.74) is 0. The quantitative estimate of drug-likeness (QED) is 0.534. The van der Waals surface area contributed by atoms with Crippen LogP contribution in [-0.2, 0) is 4.79 Å². The number of Topliss-reactive ketones (excluding diaryl/α,β-unsaturated/α-hetero) is 1. The molecular formula is C13H26O. The number of rotatable bonds is 8. The van der Waals surface area contributed by atoms with Crippen molar-refractivity contribution in [3.8, 4) is 0 Å². The minimum atomic E-state index is 0.334. The summed E-state index contributed by atoms with van der Waals surface area (Å²) in [5, 5.41) is 0. The fourth-order valence-electron chi connectivity index (χ4n) is 1.97. The Balaban J connectivity index is 3.23. The first kappa shape index (κ1) is 13.7. The molecule has 0 N–H and O–H groups in total. The van der Waals surface area contributed by atoms with Gasteiger partial charge in [-0.2, -0.15) is 0 Å². The molecule has 0 rings (SSSR count). The number of carbonyl (C=O) groups excluding carboxylic acids is 1. The van der Waals surface area contributed by atoms with Gasteiger partial charge in [0.1, 0.15) is 5.78 Å². The zero-order chi connectivity index (χ0) is 11.0. The van der Waals surface area contributed by atoms with E-state index in [1.807, 2.05) is 0 Å². The molecule has 0 fully saturated rings. The van der Waals surface area contributed by atoms with Gasteiger partial charge in [0.2, 0.25) is 0 Å². The number of unbranched alkanes of at least 4 members (excludes halogenated alkanes) is 2. The molecular weight excluding hydrogens is 172 g/mol. The molecule has 0 amide bonds. The zero-order valence-corrected chi connectivity index (χ0v) is 10.3.